The topological polar surface area (TPSA) is 61.8 Å². The smallest absolute Gasteiger partial charge is 0.0149 e. The molecule has 5 heavy (non-hydrogen) atoms. The summed E-state index contributed by atoms with van der Waals surface area (Å²) in [5, 5.41) is 0. The average Bonchev–Trinajstić information content (AvgIpc) is 0.918. The first-order chi connectivity index (χ1) is 1.41. The molecule has 0 saturated heterocycles. The van der Waals surface area contributed by atoms with Crippen LogP contribution in [0.25, 0.3) is 0 Å². The van der Waals surface area contributed by atoms with Crippen molar-refractivity contribution in [3.8, 4) is 0 Å². The Hall–Kier alpha value is 0.293. The predicted molar refractivity (Wildman–Crippen MR) is 27.5 cm³/mol. The molecule has 0 unspecified atom stereocenters. The van der Waals surface area contributed by atoms with Crippen molar-refractivity contribution < 1.29 is 0 Å². The lowest BCUT2D eigenvalue weighted by atomic mass is 13.0. The summed E-state index contributed by atoms with van der Waals surface area (Å²) in [6, 6.07) is 0. The van der Waals surface area contributed by atoms with Gasteiger partial charge in [-0.05, 0) is 11.0 Å². The molecule has 5 heteroatoms. The van der Waals surface area contributed by atoms with E-state index in [0.29, 0.717) is 0 Å². The van der Waals surface area contributed by atoms with Gasteiger partial charge in [0, 0.05) is 0 Å². The molecule has 0 fully saturated rings. The Morgan fingerprint density at radius 2 is 1.20 bits per heavy atom. The molecule has 0 aromatic rings. The summed E-state index contributed by atoms with van der Waals surface area (Å²) in [5.41, 5.74) is 11.0. The van der Waals surface area contributed by atoms with Crippen LogP contribution in [-0.2, 0) is 0 Å². The Morgan fingerprint density at radius 3 is 1.20 bits per heavy atom. The minimum atomic E-state index is 0. The fourth-order valence-electron chi connectivity index (χ4n) is 0. The van der Waals surface area contributed by atoms with E-state index in [4.69, 9.17) is 11.1 Å². The quantitative estimate of drug-likeness (QED) is 0.197. The monoisotopic (exact) mass is 102 g/mol. The lowest BCUT2D eigenvalue weighted by molar-refractivity contribution is 0.928. The van der Waals surface area contributed by atoms with Gasteiger partial charge in [0.15, 0.2) is 0 Å². The molecule has 0 saturated carbocycles. The normalized spacial score (nSPS) is 1.60. The summed E-state index contributed by atoms with van der Waals surface area (Å²) >= 11 is 0. The highest BCUT2D eigenvalue weighted by atomic mass is 28.1. The minimum Gasteiger partial charge on any atom is -0.0149 e. The maximum atomic E-state index is 5.50. The van der Waals surface area contributed by atoms with Gasteiger partial charge < -0.3 is 0 Å². The molecule has 0 heterocycles. The van der Waals surface area contributed by atoms with Crippen LogP contribution in [0.4, 0.5) is 0 Å². The molecule has 0 aromatic heterocycles. The molecule has 0 aliphatic heterocycles. The van der Waals surface area contributed by atoms with Crippen molar-refractivity contribution in [3.63, 3.8) is 0 Å². The lowest BCUT2D eigenvalue weighted by Gasteiger charge is -0.844. The van der Waals surface area contributed by atoms with Crippen LogP contribution in [0, 0.1) is 11.1 Å². The third-order valence-electron chi connectivity index (χ3n) is 0. The number of hydrogen-bond donors (Lipinski definition) is 2. The summed E-state index contributed by atoms with van der Waals surface area (Å²) in [7, 11) is 0. The van der Waals surface area contributed by atoms with Crippen molar-refractivity contribution in [1.29, 1.82) is 11.1 Å². The number of hydrogen-bond acceptors (Lipinski definition) is 2. The maximum Gasteiger partial charge on any atom is 0.316 e. The first kappa shape index (κ1) is 18.6. The van der Waals surface area contributed by atoms with Crippen molar-refractivity contribution in [2.45, 2.75) is 0 Å². The van der Waals surface area contributed by atoms with Crippen LogP contribution in [0.3, 0.4) is 0 Å². The molecule has 0 spiro atoms. The van der Waals surface area contributed by atoms with Crippen molar-refractivity contribution in [2.75, 3.05) is 0 Å². The van der Waals surface area contributed by atoms with Gasteiger partial charge in [-0.25, -0.2) is 0 Å². The molecule has 2 N–H and O–H groups in total. The fourth-order valence-corrected chi connectivity index (χ4v) is 0. The second-order valence-electron chi connectivity index (χ2n) is 0.112. The molecule has 0 aromatic carbocycles. The first-order valence-electron chi connectivity index (χ1n) is 0.447. The van der Waals surface area contributed by atoms with Crippen LogP contribution in [0.1, 0.15) is 0 Å². The van der Waals surface area contributed by atoms with E-state index in [1.54, 1.807) is 0 Å². The highest BCUT2D eigenvalue weighted by molar-refractivity contribution is 5.76. The van der Waals surface area contributed by atoms with E-state index < -0.39 is 0 Å². The molecule has 28 valence electrons. The standard InChI is InChI=1S/Mg.H2N3.H4Si.2H/c;1-3-2;;;/h;1-2H;1H4;;/q;+1;;;. The van der Waals surface area contributed by atoms with Crippen molar-refractivity contribution >= 4 is 34.0 Å². The second kappa shape index (κ2) is 27.8. The molecule has 0 bridgehead atoms. The summed E-state index contributed by atoms with van der Waals surface area (Å²) in [6.45, 7) is 0. The van der Waals surface area contributed by atoms with E-state index in [0.717, 1.165) is 0 Å². The lowest BCUT2D eigenvalue weighted by Crippen LogP contribution is -1.24. The number of nitrogens with zero attached hydrogens (tertiary/aromatic N) is 1. The average molecular weight is 102 g/mol. The van der Waals surface area contributed by atoms with Crippen LogP contribution in [-0.4, -0.2) is 34.0 Å². The van der Waals surface area contributed by atoms with Gasteiger partial charge in [0.1, 0.15) is 11.1 Å². The zero-order valence-corrected chi connectivity index (χ0v) is 1.45. The van der Waals surface area contributed by atoms with Gasteiger partial charge in [0.05, 0.1) is 0 Å². The van der Waals surface area contributed by atoms with Crippen molar-refractivity contribution in [1.82, 2.24) is 4.91 Å². The van der Waals surface area contributed by atoms with E-state index in [-0.39, 0.29) is 34.0 Å². The highest BCUT2D eigenvalue weighted by Crippen LogP contribution is 0.841. The summed E-state index contributed by atoms with van der Waals surface area (Å²) in [5.74, 6) is 0. The highest BCUT2D eigenvalue weighted by Gasteiger charge is 1.16. The fraction of sp³-hybridized carbons (Fsp3) is 0. The van der Waals surface area contributed by atoms with Crippen LogP contribution >= 0.6 is 0 Å². The van der Waals surface area contributed by atoms with E-state index >= 15 is 0 Å². The molecular formula is H8MgN3Si+. The minimum absolute atomic E-state index is 0. The maximum absolute atomic E-state index is 5.50. The molecule has 0 rings (SSSR count). The molecule has 0 aliphatic carbocycles. The van der Waals surface area contributed by atoms with Gasteiger partial charge in [0.25, 0.3) is 0 Å². The van der Waals surface area contributed by atoms with Crippen molar-refractivity contribution in [3.05, 3.63) is 0 Å². The van der Waals surface area contributed by atoms with Crippen LogP contribution in [0.2, 0.25) is 0 Å². The molecule has 0 radical (unpaired) electrons. The molecule has 0 amide bonds. The molecule has 0 aliphatic rings. The Bertz CT molecular complexity index is 27.9. The van der Waals surface area contributed by atoms with Crippen LogP contribution in [0.5, 0.6) is 0 Å². The number of rotatable bonds is 0. The van der Waals surface area contributed by atoms with Gasteiger partial charge in [-0.2, -0.15) is 0 Å². The van der Waals surface area contributed by atoms with Gasteiger partial charge in [-0.15, -0.1) is 0 Å². The Morgan fingerprint density at radius 1 is 1.20 bits per heavy atom. The Balaban J connectivity index is -0.0000000200. The van der Waals surface area contributed by atoms with E-state index in [1.165, 1.54) is 0 Å². The SMILES string of the molecule is N=[N+]=N.[MgH2].[SiH4]. The molecular weight excluding hydrogens is 94.4 g/mol. The summed E-state index contributed by atoms with van der Waals surface area (Å²) in [6.07, 6.45) is 0. The Kier molecular flexibility index (Phi) is 103. The van der Waals surface area contributed by atoms with Gasteiger partial charge in [-0.1, -0.05) is 0 Å². The van der Waals surface area contributed by atoms with Gasteiger partial charge in [0.2, 0.25) is 4.91 Å². The van der Waals surface area contributed by atoms with Crippen molar-refractivity contribution in [2.24, 2.45) is 0 Å². The van der Waals surface area contributed by atoms with Crippen LogP contribution < -0.4 is 4.91 Å². The molecule has 0 atom stereocenters. The number of nitrogens with one attached hydrogen (secondary N) is 2. The molecule has 3 nitrogen and oxygen atoms in total. The zero-order valence-electron chi connectivity index (χ0n) is 1.45. The Labute approximate surface area is 50.3 Å². The third-order valence-corrected chi connectivity index (χ3v) is 0. The predicted octanol–water partition coefficient (Wildman–Crippen LogP) is -2.25. The second-order valence-corrected chi connectivity index (χ2v) is 0.112. The van der Waals surface area contributed by atoms with E-state index in [1.807, 2.05) is 4.91 Å². The van der Waals surface area contributed by atoms with Gasteiger partial charge >= 0.3 is 23.1 Å². The zero-order chi connectivity index (χ0) is 2.71. The van der Waals surface area contributed by atoms with E-state index in [9.17, 15) is 0 Å². The third kappa shape index (κ3) is 263. The largest absolute Gasteiger partial charge is 0.316 e. The summed E-state index contributed by atoms with van der Waals surface area (Å²) < 4.78 is 0. The van der Waals surface area contributed by atoms with Crippen LogP contribution in [0.15, 0.2) is 0 Å². The first-order valence-corrected chi connectivity index (χ1v) is 0.447. The summed E-state index contributed by atoms with van der Waals surface area (Å²) in [4.78, 5) is 2.00. The van der Waals surface area contributed by atoms with Gasteiger partial charge in [-0.3, -0.25) is 0 Å². The van der Waals surface area contributed by atoms with E-state index in [2.05, 4.69) is 0 Å².